The number of hydrogen-bond acceptors (Lipinski definition) is 1. The first-order valence-electron chi connectivity index (χ1n) is 6.49. The van der Waals surface area contributed by atoms with Crippen molar-refractivity contribution in [2.45, 2.75) is 26.7 Å². The van der Waals surface area contributed by atoms with Crippen LogP contribution in [0.15, 0.2) is 48.1 Å². The molecule has 0 fully saturated rings. The molecule has 0 unspecified atom stereocenters. The molecule has 2 heteroatoms. The predicted molar refractivity (Wildman–Crippen MR) is 77.7 cm³/mol. The molecule has 0 aromatic heterocycles. The summed E-state index contributed by atoms with van der Waals surface area (Å²) in [5, 5.41) is 0. The van der Waals surface area contributed by atoms with Gasteiger partial charge in [0.15, 0.2) is 0 Å². The van der Waals surface area contributed by atoms with E-state index < -0.39 is 0 Å². The van der Waals surface area contributed by atoms with Gasteiger partial charge in [-0.15, -0.1) is 0 Å². The maximum Gasteiger partial charge on any atom is 0.134 e. The number of benzene rings is 1. The van der Waals surface area contributed by atoms with Crippen molar-refractivity contribution in [1.82, 2.24) is 0 Å². The highest BCUT2D eigenvalue weighted by Gasteiger charge is 2.07. The van der Waals surface area contributed by atoms with Gasteiger partial charge < -0.3 is 4.74 Å². The zero-order chi connectivity index (χ0) is 13.8. The number of halogens is 1. The summed E-state index contributed by atoms with van der Waals surface area (Å²) in [6.45, 7) is 8.19. The Morgan fingerprint density at radius 3 is 2.68 bits per heavy atom. The van der Waals surface area contributed by atoms with Gasteiger partial charge in [0.05, 0.1) is 0 Å². The van der Waals surface area contributed by atoms with E-state index in [9.17, 15) is 4.39 Å². The normalized spacial score (nSPS) is 14.7. The van der Waals surface area contributed by atoms with E-state index in [2.05, 4.69) is 25.7 Å². The second kappa shape index (κ2) is 5.87. The molecule has 100 valence electrons. The molecule has 1 aromatic rings. The van der Waals surface area contributed by atoms with Crippen molar-refractivity contribution in [3.05, 3.63) is 59.5 Å². The fourth-order valence-corrected chi connectivity index (χ4v) is 2.01. The lowest BCUT2D eigenvalue weighted by Gasteiger charge is -2.13. The van der Waals surface area contributed by atoms with Crippen molar-refractivity contribution < 1.29 is 9.13 Å². The summed E-state index contributed by atoms with van der Waals surface area (Å²) in [4.78, 5) is 0. The molecule has 0 spiro atoms. The maximum absolute atomic E-state index is 13.8. The Hall–Kier alpha value is -1.83. The topological polar surface area (TPSA) is 9.23 Å². The third-order valence-corrected chi connectivity index (χ3v) is 3.27. The van der Waals surface area contributed by atoms with Gasteiger partial charge in [-0.2, -0.15) is 0 Å². The second-order valence-electron chi connectivity index (χ2n) is 5.05. The zero-order valence-corrected chi connectivity index (χ0v) is 11.5. The molecule has 0 amide bonds. The smallest absolute Gasteiger partial charge is 0.134 e. The Morgan fingerprint density at radius 2 is 2.11 bits per heavy atom. The molecule has 1 aliphatic rings. The van der Waals surface area contributed by atoms with E-state index in [0.29, 0.717) is 17.9 Å². The standard InChI is InChI=1S/C17H19FO/c1-12(2)16-9-8-15(10-17(16)18)19-11-14-6-4-13(3)5-7-14/h4,6,8-10H,1,5,7,11H2,2-3H3. The van der Waals surface area contributed by atoms with Gasteiger partial charge >= 0.3 is 0 Å². The van der Waals surface area contributed by atoms with Crippen LogP contribution in [0, 0.1) is 5.82 Å². The van der Waals surface area contributed by atoms with E-state index in [1.54, 1.807) is 19.1 Å². The number of ether oxygens (including phenoxy) is 1. The minimum absolute atomic E-state index is 0.279. The van der Waals surface area contributed by atoms with Crippen molar-refractivity contribution in [3.63, 3.8) is 0 Å². The Balaban J connectivity index is 2.01. The van der Waals surface area contributed by atoms with E-state index in [-0.39, 0.29) is 5.82 Å². The maximum atomic E-state index is 13.8. The van der Waals surface area contributed by atoms with E-state index in [0.717, 1.165) is 18.4 Å². The highest BCUT2D eigenvalue weighted by molar-refractivity contribution is 5.62. The Labute approximate surface area is 114 Å². The molecule has 0 N–H and O–H groups in total. The van der Waals surface area contributed by atoms with Crippen molar-refractivity contribution in [1.29, 1.82) is 0 Å². The molecule has 0 saturated carbocycles. The van der Waals surface area contributed by atoms with Gasteiger partial charge in [0, 0.05) is 11.6 Å². The summed E-state index contributed by atoms with van der Waals surface area (Å²) >= 11 is 0. The molecule has 19 heavy (non-hydrogen) atoms. The first-order chi connectivity index (χ1) is 9.06. The van der Waals surface area contributed by atoms with Crippen LogP contribution in [-0.2, 0) is 0 Å². The fraction of sp³-hybridized carbons (Fsp3) is 0.294. The van der Waals surface area contributed by atoms with Crippen LogP contribution in [0.5, 0.6) is 5.75 Å². The van der Waals surface area contributed by atoms with Crippen LogP contribution in [0.3, 0.4) is 0 Å². The first-order valence-corrected chi connectivity index (χ1v) is 6.49. The largest absolute Gasteiger partial charge is 0.489 e. The van der Waals surface area contributed by atoms with Crippen LogP contribution in [0.1, 0.15) is 32.3 Å². The van der Waals surface area contributed by atoms with E-state index in [4.69, 9.17) is 4.74 Å². The molecule has 1 aromatic carbocycles. The minimum atomic E-state index is -0.279. The van der Waals surface area contributed by atoms with Crippen LogP contribution in [0.4, 0.5) is 4.39 Å². The number of rotatable bonds is 4. The summed E-state index contributed by atoms with van der Waals surface area (Å²) in [5.74, 6) is 0.285. The van der Waals surface area contributed by atoms with E-state index >= 15 is 0 Å². The molecular weight excluding hydrogens is 239 g/mol. The van der Waals surface area contributed by atoms with Gasteiger partial charge in [0.25, 0.3) is 0 Å². The van der Waals surface area contributed by atoms with Crippen molar-refractivity contribution in [2.75, 3.05) is 6.61 Å². The first kappa shape index (κ1) is 13.6. The van der Waals surface area contributed by atoms with Gasteiger partial charge in [-0.25, -0.2) is 4.39 Å². The summed E-state index contributed by atoms with van der Waals surface area (Å²) in [6, 6.07) is 4.93. The van der Waals surface area contributed by atoms with E-state index in [1.165, 1.54) is 17.2 Å². The van der Waals surface area contributed by atoms with Crippen LogP contribution >= 0.6 is 0 Å². The van der Waals surface area contributed by atoms with Gasteiger partial charge in [0.2, 0.25) is 0 Å². The van der Waals surface area contributed by atoms with Crippen molar-refractivity contribution in [2.24, 2.45) is 0 Å². The molecule has 2 rings (SSSR count). The molecule has 0 bridgehead atoms. The van der Waals surface area contributed by atoms with E-state index in [1.807, 2.05) is 0 Å². The van der Waals surface area contributed by atoms with Crippen molar-refractivity contribution >= 4 is 5.57 Å². The van der Waals surface area contributed by atoms with Crippen LogP contribution in [0.25, 0.3) is 5.57 Å². The molecule has 0 aliphatic heterocycles. The molecule has 0 heterocycles. The van der Waals surface area contributed by atoms with Gasteiger partial charge in [0.1, 0.15) is 18.2 Å². The minimum Gasteiger partial charge on any atom is -0.489 e. The van der Waals surface area contributed by atoms with Crippen LogP contribution in [0.2, 0.25) is 0 Å². The van der Waals surface area contributed by atoms with Crippen LogP contribution in [-0.4, -0.2) is 6.61 Å². The van der Waals surface area contributed by atoms with Crippen molar-refractivity contribution in [3.8, 4) is 5.75 Å². The Kier molecular flexibility index (Phi) is 4.20. The fourth-order valence-electron chi connectivity index (χ4n) is 2.01. The van der Waals surface area contributed by atoms with Gasteiger partial charge in [-0.3, -0.25) is 0 Å². The lowest BCUT2D eigenvalue weighted by atomic mass is 10.0. The molecule has 0 saturated heterocycles. The second-order valence-corrected chi connectivity index (χ2v) is 5.05. The summed E-state index contributed by atoms with van der Waals surface area (Å²) in [7, 11) is 0. The zero-order valence-electron chi connectivity index (χ0n) is 11.5. The molecule has 0 atom stereocenters. The third kappa shape index (κ3) is 3.57. The molecule has 1 nitrogen and oxygen atoms in total. The predicted octanol–water partition coefficient (Wildman–Crippen LogP) is 4.90. The monoisotopic (exact) mass is 258 g/mol. The molecule has 1 aliphatic carbocycles. The average Bonchev–Trinajstić information content (AvgIpc) is 2.37. The SMILES string of the molecule is C=C(C)c1ccc(OCC2=CC=C(C)CC2)cc1F. The lowest BCUT2D eigenvalue weighted by molar-refractivity contribution is 0.345. The average molecular weight is 258 g/mol. The summed E-state index contributed by atoms with van der Waals surface area (Å²) < 4.78 is 19.4. The lowest BCUT2D eigenvalue weighted by Crippen LogP contribution is -2.04. The summed E-state index contributed by atoms with van der Waals surface area (Å²) in [5.41, 5.74) is 3.90. The summed E-state index contributed by atoms with van der Waals surface area (Å²) in [6.07, 6.45) is 6.32. The van der Waals surface area contributed by atoms with Gasteiger partial charge in [-0.1, -0.05) is 24.3 Å². The molecule has 0 radical (unpaired) electrons. The quantitative estimate of drug-likeness (QED) is 0.746. The number of hydrogen-bond donors (Lipinski definition) is 0. The van der Waals surface area contributed by atoms with Crippen LogP contribution < -0.4 is 4.74 Å². The Morgan fingerprint density at radius 1 is 1.32 bits per heavy atom. The molecular formula is C17H19FO. The van der Waals surface area contributed by atoms with Gasteiger partial charge in [-0.05, 0) is 50.0 Å². The third-order valence-electron chi connectivity index (χ3n) is 3.27. The highest BCUT2D eigenvalue weighted by atomic mass is 19.1. The Bertz CT molecular complexity index is 552. The number of allylic oxidation sites excluding steroid dienone is 4. The highest BCUT2D eigenvalue weighted by Crippen LogP contribution is 2.23.